The molecule has 4 fully saturated rings. The molecule has 3 saturated carbocycles. The Morgan fingerprint density at radius 3 is 2.22 bits per heavy atom. The number of hydrogen-bond donors (Lipinski definition) is 1. The maximum atomic E-state index is 11.3. The fourth-order valence-corrected chi connectivity index (χ4v) is 9.80. The van der Waals surface area contributed by atoms with Gasteiger partial charge >= 0.3 is 0 Å². The Kier molecular flexibility index (Phi) is 6.28. The molecular formula is C30H52O2. The van der Waals surface area contributed by atoms with Gasteiger partial charge in [-0.2, -0.15) is 0 Å². The smallest absolute Gasteiger partial charge is 0.0883 e. The van der Waals surface area contributed by atoms with Crippen molar-refractivity contribution in [2.45, 2.75) is 143 Å². The van der Waals surface area contributed by atoms with Crippen molar-refractivity contribution in [2.24, 2.45) is 34.0 Å². The summed E-state index contributed by atoms with van der Waals surface area (Å²) in [6, 6.07) is 0. The number of allylic oxidation sites excluding steroid dienone is 2. The van der Waals surface area contributed by atoms with E-state index in [1.54, 1.807) is 0 Å². The molecule has 2 heteroatoms. The Labute approximate surface area is 199 Å². The molecule has 184 valence electrons. The molecule has 1 aliphatic heterocycles. The van der Waals surface area contributed by atoms with Gasteiger partial charge in [0.05, 0.1) is 17.3 Å². The minimum absolute atomic E-state index is 0.0266. The number of rotatable bonds is 5. The van der Waals surface area contributed by atoms with E-state index < -0.39 is 5.60 Å². The number of fused-ring (bicyclic) bond motifs is 3. The fourth-order valence-electron chi connectivity index (χ4n) is 9.80. The van der Waals surface area contributed by atoms with Crippen LogP contribution in [0.3, 0.4) is 0 Å². The predicted molar refractivity (Wildman–Crippen MR) is 135 cm³/mol. The van der Waals surface area contributed by atoms with Crippen molar-refractivity contribution in [3.05, 3.63) is 11.6 Å². The van der Waals surface area contributed by atoms with E-state index in [0.717, 1.165) is 37.5 Å². The molecule has 0 amide bonds. The molecule has 3 aliphatic carbocycles. The molecule has 2 nitrogen and oxygen atoms in total. The van der Waals surface area contributed by atoms with Gasteiger partial charge in [-0.05, 0) is 126 Å². The largest absolute Gasteiger partial charge is 0.387 e. The van der Waals surface area contributed by atoms with Gasteiger partial charge in [0.15, 0.2) is 0 Å². The zero-order chi connectivity index (χ0) is 23.6. The van der Waals surface area contributed by atoms with Crippen molar-refractivity contribution in [3.63, 3.8) is 0 Å². The monoisotopic (exact) mass is 444 g/mol. The Morgan fingerprint density at radius 1 is 0.875 bits per heavy atom. The summed E-state index contributed by atoms with van der Waals surface area (Å²) in [7, 11) is 0. The quantitative estimate of drug-likeness (QED) is 0.434. The predicted octanol–water partition coefficient (Wildman–Crippen LogP) is 8.08. The summed E-state index contributed by atoms with van der Waals surface area (Å²) in [5, 5.41) is 11.3. The van der Waals surface area contributed by atoms with E-state index in [-0.39, 0.29) is 11.7 Å². The van der Waals surface area contributed by atoms with Gasteiger partial charge in [0, 0.05) is 0 Å². The summed E-state index contributed by atoms with van der Waals surface area (Å²) >= 11 is 0. The van der Waals surface area contributed by atoms with Gasteiger partial charge < -0.3 is 9.84 Å². The maximum absolute atomic E-state index is 11.3. The van der Waals surface area contributed by atoms with E-state index in [2.05, 4.69) is 54.5 Å². The Morgan fingerprint density at radius 2 is 1.53 bits per heavy atom. The third-order valence-corrected chi connectivity index (χ3v) is 11.3. The lowest BCUT2D eigenvalue weighted by atomic mass is 9.43. The highest BCUT2D eigenvalue weighted by Gasteiger charge is 2.65. The second-order valence-electron chi connectivity index (χ2n) is 14.3. The first-order chi connectivity index (χ1) is 14.7. The second kappa shape index (κ2) is 8.11. The molecule has 8 atom stereocenters. The van der Waals surface area contributed by atoms with Gasteiger partial charge in [0.1, 0.15) is 0 Å². The minimum Gasteiger partial charge on any atom is -0.387 e. The first kappa shape index (κ1) is 24.8. The van der Waals surface area contributed by atoms with E-state index in [4.69, 9.17) is 4.74 Å². The van der Waals surface area contributed by atoms with Crippen molar-refractivity contribution in [1.29, 1.82) is 0 Å². The van der Waals surface area contributed by atoms with Gasteiger partial charge in [-0.1, -0.05) is 45.8 Å². The van der Waals surface area contributed by atoms with Gasteiger partial charge in [-0.3, -0.25) is 0 Å². The molecule has 0 aromatic heterocycles. The number of hydrogen-bond acceptors (Lipinski definition) is 2. The lowest BCUT2D eigenvalue weighted by Crippen LogP contribution is -2.56. The summed E-state index contributed by atoms with van der Waals surface area (Å²) in [6.45, 7) is 19.1. The molecule has 0 bridgehead atoms. The number of aliphatic hydroxyl groups is 1. The molecule has 0 spiro atoms. The van der Waals surface area contributed by atoms with Crippen LogP contribution in [0, 0.1) is 34.0 Å². The topological polar surface area (TPSA) is 29.5 Å². The fraction of sp³-hybridized carbons (Fsp3) is 0.933. The van der Waals surface area contributed by atoms with Gasteiger partial charge in [-0.25, -0.2) is 0 Å². The van der Waals surface area contributed by atoms with Gasteiger partial charge in [-0.15, -0.1) is 0 Å². The summed E-state index contributed by atoms with van der Waals surface area (Å²) in [5.41, 5.74) is 1.89. The van der Waals surface area contributed by atoms with E-state index in [1.165, 1.54) is 50.5 Å². The van der Waals surface area contributed by atoms with Crippen LogP contribution in [-0.2, 0) is 4.74 Å². The van der Waals surface area contributed by atoms with Crippen LogP contribution in [0.15, 0.2) is 11.6 Å². The molecule has 0 unspecified atom stereocenters. The SMILES string of the molecule is CC(C)=CCC[C@@](C)(O)[C@@H]1CC[C@@](C)([C@H]2CC[C@@H]3[C@@]4(C)CCCC(C)(C)[C@@H]4CC[C@]32C)O1. The summed E-state index contributed by atoms with van der Waals surface area (Å²) in [4.78, 5) is 0. The molecule has 4 rings (SSSR count). The van der Waals surface area contributed by atoms with Crippen molar-refractivity contribution in [1.82, 2.24) is 0 Å². The van der Waals surface area contributed by atoms with Crippen LogP contribution in [0.2, 0.25) is 0 Å². The van der Waals surface area contributed by atoms with Crippen LogP contribution in [0.4, 0.5) is 0 Å². The highest BCUT2D eigenvalue weighted by Crippen LogP contribution is 2.71. The average Bonchev–Trinajstić information content (AvgIpc) is 3.23. The Hall–Kier alpha value is -0.340. The van der Waals surface area contributed by atoms with Crippen LogP contribution in [0.5, 0.6) is 0 Å². The number of ether oxygens (including phenoxy) is 1. The van der Waals surface area contributed by atoms with E-state index in [1.807, 2.05) is 6.92 Å². The normalized spacial score (nSPS) is 47.4. The Bertz CT molecular complexity index is 731. The molecule has 32 heavy (non-hydrogen) atoms. The summed E-state index contributed by atoms with van der Waals surface area (Å²) in [5.74, 6) is 2.33. The van der Waals surface area contributed by atoms with Crippen LogP contribution < -0.4 is 0 Å². The van der Waals surface area contributed by atoms with Crippen molar-refractivity contribution < 1.29 is 9.84 Å². The first-order valence-corrected chi connectivity index (χ1v) is 13.8. The highest BCUT2D eigenvalue weighted by atomic mass is 16.5. The van der Waals surface area contributed by atoms with Gasteiger partial charge in [0.2, 0.25) is 0 Å². The third-order valence-electron chi connectivity index (χ3n) is 11.3. The van der Waals surface area contributed by atoms with Crippen molar-refractivity contribution in [2.75, 3.05) is 0 Å². The molecular weight excluding hydrogens is 392 g/mol. The lowest BCUT2D eigenvalue weighted by molar-refractivity contribution is -0.180. The van der Waals surface area contributed by atoms with Crippen LogP contribution >= 0.6 is 0 Å². The lowest BCUT2D eigenvalue weighted by Gasteiger charge is -2.62. The van der Waals surface area contributed by atoms with E-state index >= 15 is 0 Å². The summed E-state index contributed by atoms with van der Waals surface area (Å²) < 4.78 is 6.91. The van der Waals surface area contributed by atoms with Crippen LogP contribution in [0.25, 0.3) is 0 Å². The molecule has 0 aromatic rings. The van der Waals surface area contributed by atoms with E-state index in [9.17, 15) is 5.11 Å². The standard InChI is InChI=1S/C30H52O2/c1-21(2)11-9-18-29(7,31)25-15-20-30(8,32-25)24-13-12-23-27(5)17-10-16-26(3,4)22(27)14-19-28(23,24)6/h11,22-25,31H,9-10,12-20H2,1-8H3/t22-,23+,24-,25-,27-,28+,29+,30-/m0/s1. The molecule has 1 N–H and O–H groups in total. The molecule has 1 saturated heterocycles. The third kappa shape index (κ3) is 3.94. The maximum Gasteiger partial charge on any atom is 0.0883 e. The first-order valence-electron chi connectivity index (χ1n) is 13.8. The molecule has 0 aromatic carbocycles. The minimum atomic E-state index is -0.736. The molecule has 0 radical (unpaired) electrons. The van der Waals surface area contributed by atoms with Crippen LogP contribution in [0.1, 0.15) is 126 Å². The van der Waals surface area contributed by atoms with Crippen molar-refractivity contribution in [3.8, 4) is 0 Å². The molecule has 1 heterocycles. The Balaban J connectivity index is 1.51. The van der Waals surface area contributed by atoms with E-state index in [0.29, 0.717) is 22.2 Å². The van der Waals surface area contributed by atoms with Gasteiger partial charge in [0.25, 0.3) is 0 Å². The molecule has 4 aliphatic rings. The second-order valence-corrected chi connectivity index (χ2v) is 14.3. The summed E-state index contributed by atoms with van der Waals surface area (Å²) in [6.07, 6.45) is 15.7. The highest BCUT2D eigenvalue weighted by molar-refractivity contribution is 5.15. The van der Waals surface area contributed by atoms with Crippen LogP contribution in [-0.4, -0.2) is 22.4 Å². The zero-order valence-corrected chi connectivity index (χ0v) is 22.5. The average molecular weight is 445 g/mol. The zero-order valence-electron chi connectivity index (χ0n) is 22.5. The van der Waals surface area contributed by atoms with Crippen molar-refractivity contribution >= 4 is 0 Å².